The highest BCUT2D eigenvalue weighted by Crippen LogP contribution is 2.35. The summed E-state index contributed by atoms with van der Waals surface area (Å²) in [6.07, 6.45) is 5.48. The van der Waals surface area contributed by atoms with Crippen molar-refractivity contribution in [2.45, 2.75) is 33.4 Å². The van der Waals surface area contributed by atoms with Crippen LogP contribution in [0.3, 0.4) is 0 Å². The maximum Gasteiger partial charge on any atom is 0.143 e. The van der Waals surface area contributed by atoms with Crippen molar-refractivity contribution in [2.24, 2.45) is 4.99 Å². The van der Waals surface area contributed by atoms with E-state index in [9.17, 15) is 0 Å². The molecule has 0 radical (unpaired) electrons. The van der Waals surface area contributed by atoms with Crippen molar-refractivity contribution < 1.29 is 4.74 Å². The van der Waals surface area contributed by atoms with E-state index in [1.54, 1.807) is 6.33 Å². The second-order valence-electron chi connectivity index (χ2n) is 6.23. The molecule has 1 aliphatic rings. The van der Waals surface area contributed by atoms with Crippen molar-refractivity contribution in [3.8, 4) is 5.75 Å². The number of rotatable bonds is 4. The minimum Gasteiger partial charge on any atom is -0.489 e. The van der Waals surface area contributed by atoms with Gasteiger partial charge < -0.3 is 15.0 Å². The van der Waals surface area contributed by atoms with E-state index in [1.807, 2.05) is 33.2 Å². The quantitative estimate of drug-likeness (QED) is 0.768. The monoisotopic (exact) mass is 321 g/mol. The highest BCUT2D eigenvalue weighted by Gasteiger charge is 2.16. The lowest BCUT2D eigenvalue weighted by Crippen LogP contribution is -2.08. The molecule has 0 saturated carbocycles. The van der Waals surface area contributed by atoms with E-state index in [2.05, 4.69) is 37.4 Å². The number of nitrogens with one attached hydrogen (secondary N) is 2. The summed E-state index contributed by atoms with van der Waals surface area (Å²) in [5.41, 5.74) is 5.10. The third-order valence-corrected chi connectivity index (χ3v) is 4.02. The van der Waals surface area contributed by atoms with Gasteiger partial charge in [-0.3, -0.25) is 4.99 Å². The molecule has 1 aromatic carbocycles. The van der Waals surface area contributed by atoms with E-state index in [1.165, 1.54) is 5.56 Å². The Hall–Kier alpha value is -2.89. The van der Waals surface area contributed by atoms with Crippen molar-refractivity contribution in [3.63, 3.8) is 0 Å². The standard InChI is InChI=1S/C18H19N5O/c1-10(2)24-15-5-13-8-19-7-12(13)4-14(15)23-18-16-11(3)6-20-17(16)21-9-22-18/h4-7,9-10H,8H2,1-3H3,(H2,20,21,22,23). The molecule has 0 fully saturated rings. The van der Waals surface area contributed by atoms with Crippen LogP contribution in [0, 0.1) is 6.92 Å². The molecule has 0 aliphatic carbocycles. The van der Waals surface area contributed by atoms with E-state index < -0.39 is 0 Å². The molecule has 0 unspecified atom stereocenters. The number of aliphatic imine (C=N–C) groups is 1. The van der Waals surface area contributed by atoms with Gasteiger partial charge in [-0.2, -0.15) is 0 Å². The first-order chi connectivity index (χ1) is 11.6. The molecule has 3 aromatic rings. The van der Waals surface area contributed by atoms with Crippen molar-refractivity contribution in [1.29, 1.82) is 0 Å². The fourth-order valence-electron chi connectivity index (χ4n) is 2.93. The zero-order chi connectivity index (χ0) is 16.7. The number of anilines is 2. The third kappa shape index (κ3) is 2.50. The number of aryl methyl sites for hydroxylation is 1. The molecule has 1 aliphatic heterocycles. The van der Waals surface area contributed by atoms with Gasteiger partial charge in [-0.15, -0.1) is 0 Å². The Balaban J connectivity index is 1.80. The molecule has 3 heterocycles. The number of fused-ring (bicyclic) bond motifs is 2. The van der Waals surface area contributed by atoms with Gasteiger partial charge in [0.15, 0.2) is 0 Å². The van der Waals surface area contributed by atoms with Crippen LogP contribution in [0.25, 0.3) is 11.0 Å². The lowest BCUT2D eigenvalue weighted by atomic mass is 10.1. The molecule has 0 amide bonds. The number of hydrogen-bond acceptors (Lipinski definition) is 5. The van der Waals surface area contributed by atoms with Gasteiger partial charge in [0.25, 0.3) is 0 Å². The van der Waals surface area contributed by atoms with Gasteiger partial charge in [0, 0.05) is 12.4 Å². The minimum atomic E-state index is 0.0883. The summed E-state index contributed by atoms with van der Waals surface area (Å²) < 4.78 is 6.00. The van der Waals surface area contributed by atoms with Crippen LogP contribution in [0.4, 0.5) is 11.5 Å². The Labute approximate surface area is 140 Å². The van der Waals surface area contributed by atoms with Crippen LogP contribution in [0.5, 0.6) is 5.75 Å². The SMILES string of the molecule is Cc1c[nH]c2ncnc(Nc3cc4c(cc3OC(C)C)CN=C4)c12. The maximum absolute atomic E-state index is 6.00. The summed E-state index contributed by atoms with van der Waals surface area (Å²) in [6, 6.07) is 4.13. The first-order valence-corrected chi connectivity index (χ1v) is 8.01. The molecule has 0 spiro atoms. The Morgan fingerprint density at radius 1 is 1.25 bits per heavy atom. The normalized spacial score (nSPS) is 12.8. The van der Waals surface area contributed by atoms with Crippen LogP contribution >= 0.6 is 0 Å². The summed E-state index contributed by atoms with van der Waals surface area (Å²) in [7, 11) is 0. The van der Waals surface area contributed by atoms with E-state index in [-0.39, 0.29) is 6.10 Å². The number of nitrogens with zero attached hydrogens (tertiary/aromatic N) is 3. The smallest absolute Gasteiger partial charge is 0.143 e. The Morgan fingerprint density at radius 3 is 2.96 bits per heavy atom. The molecular weight excluding hydrogens is 302 g/mol. The van der Waals surface area contributed by atoms with E-state index in [0.29, 0.717) is 6.54 Å². The Kier molecular flexibility index (Phi) is 3.45. The van der Waals surface area contributed by atoms with Crippen molar-refractivity contribution in [3.05, 3.63) is 41.3 Å². The van der Waals surface area contributed by atoms with E-state index in [0.717, 1.165) is 39.4 Å². The predicted molar refractivity (Wildman–Crippen MR) is 95.4 cm³/mol. The first kappa shape index (κ1) is 14.7. The number of aromatic nitrogens is 3. The fraction of sp³-hybridized carbons (Fsp3) is 0.278. The van der Waals surface area contributed by atoms with Crippen LogP contribution in [-0.4, -0.2) is 27.3 Å². The lowest BCUT2D eigenvalue weighted by molar-refractivity contribution is 0.243. The molecule has 2 aromatic heterocycles. The summed E-state index contributed by atoms with van der Waals surface area (Å²) >= 11 is 0. The number of hydrogen-bond donors (Lipinski definition) is 2. The number of aromatic amines is 1. The van der Waals surface area contributed by atoms with E-state index in [4.69, 9.17) is 4.74 Å². The molecule has 24 heavy (non-hydrogen) atoms. The molecule has 0 atom stereocenters. The fourth-order valence-corrected chi connectivity index (χ4v) is 2.93. The topological polar surface area (TPSA) is 75.2 Å². The molecular formula is C18H19N5O. The zero-order valence-electron chi connectivity index (χ0n) is 13.9. The Morgan fingerprint density at radius 2 is 2.12 bits per heavy atom. The van der Waals surface area contributed by atoms with Gasteiger partial charge in [0.1, 0.15) is 23.5 Å². The van der Waals surface area contributed by atoms with Crippen LogP contribution in [0.15, 0.2) is 29.6 Å². The first-order valence-electron chi connectivity index (χ1n) is 8.01. The second-order valence-corrected chi connectivity index (χ2v) is 6.23. The van der Waals surface area contributed by atoms with Gasteiger partial charge >= 0.3 is 0 Å². The summed E-state index contributed by atoms with van der Waals surface area (Å²) in [5, 5.41) is 4.41. The van der Waals surface area contributed by atoms with Crippen molar-refractivity contribution in [2.75, 3.05) is 5.32 Å². The summed E-state index contributed by atoms with van der Waals surface area (Å²) in [5.74, 6) is 1.58. The average molecular weight is 321 g/mol. The average Bonchev–Trinajstić information content (AvgIpc) is 3.14. The third-order valence-electron chi connectivity index (χ3n) is 4.02. The van der Waals surface area contributed by atoms with Gasteiger partial charge in [-0.1, -0.05) is 0 Å². The van der Waals surface area contributed by atoms with Crippen molar-refractivity contribution >= 4 is 28.8 Å². The number of benzene rings is 1. The largest absolute Gasteiger partial charge is 0.489 e. The number of H-pyrrole nitrogens is 1. The minimum absolute atomic E-state index is 0.0883. The second kappa shape index (κ2) is 5.63. The summed E-state index contributed by atoms with van der Waals surface area (Å²) in [4.78, 5) is 16.2. The van der Waals surface area contributed by atoms with Crippen LogP contribution in [0.1, 0.15) is 30.5 Å². The molecule has 122 valence electrons. The molecule has 2 N–H and O–H groups in total. The summed E-state index contributed by atoms with van der Waals surface area (Å²) in [6.45, 7) is 6.78. The van der Waals surface area contributed by atoms with Crippen molar-refractivity contribution in [1.82, 2.24) is 15.0 Å². The van der Waals surface area contributed by atoms with Gasteiger partial charge in [-0.05, 0) is 49.6 Å². The van der Waals surface area contributed by atoms with Crippen LogP contribution < -0.4 is 10.1 Å². The maximum atomic E-state index is 6.00. The Bertz CT molecular complexity index is 942. The van der Waals surface area contributed by atoms with Gasteiger partial charge in [0.2, 0.25) is 0 Å². The highest BCUT2D eigenvalue weighted by molar-refractivity contribution is 5.93. The molecule has 6 nitrogen and oxygen atoms in total. The van der Waals surface area contributed by atoms with Crippen LogP contribution in [-0.2, 0) is 6.54 Å². The molecule has 0 saturated heterocycles. The zero-order valence-corrected chi connectivity index (χ0v) is 13.9. The molecule has 6 heteroatoms. The lowest BCUT2D eigenvalue weighted by Gasteiger charge is -2.17. The van der Waals surface area contributed by atoms with Gasteiger partial charge in [-0.25, -0.2) is 9.97 Å². The number of ether oxygens (including phenoxy) is 1. The molecule has 4 rings (SSSR count). The predicted octanol–water partition coefficient (Wildman–Crippen LogP) is 3.73. The van der Waals surface area contributed by atoms with E-state index >= 15 is 0 Å². The van der Waals surface area contributed by atoms with Crippen LogP contribution in [0.2, 0.25) is 0 Å². The molecule has 0 bridgehead atoms. The van der Waals surface area contributed by atoms with Gasteiger partial charge in [0.05, 0.1) is 23.7 Å². The highest BCUT2D eigenvalue weighted by atomic mass is 16.5.